The Morgan fingerprint density at radius 3 is 2.28 bits per heavy atom. The fourth-order valence-electron chi connectivity index (χ4n) is 3.19. The van der Waals surface area contributed by atoms with Crippen LogP contribution in [0.1, 0.15) is 50.7 Å². The molecule has 1 amide bonds. The largest absolute Gasteiger partial charge is 0.353 e. The van der Waals surface area contributed by atoms with Crippen molar-refractivity contribution in [1.82, 2.24) is 9.62 Å². The average Bonchev–Trinajstić information content (AvgIpc) is 2.61. The van der Waals surface area contributed by atoms with Gasteiger partial charge in [0.2, 0.25) is 15.9 Å². The van der Waals surface area contributed by atoms with E-state index < -0.39 is 10.0 Å². The first-order valence-corrected chi connectivity index (χ1v) is 10.6. The minimum Gasteiger partial charge on any atom is -0.353 e. The molecule has 6 heteroatoms. The molecule has 25 heavy (non-hydrogen) atoms. The Labute approximate surface area is 151 Å². The van der Waals surface area contributed by atoms with E-state index in [0.29, 0.717) is 30.8 Å². The summed E-state index contributed by atoms with van der Waals surface area (Å²) >= 11 is 0. The molecule has 0 atom stereocenters. The quantitative estimate of drug-likeness (QED) is 0.841. The normalized spacial score (nSPS) is 17.0. The number of hydrogen-bond acceptors (Lipinski definition) is 3. The Kier molecular flexibility index (Phi) is 6.63. The maximum Gasteiger partial charge on any atom is 0.243 e. The standard InChI is InChI=1S/C19H30N2O3S/c1-5-17(6-2)20-19(22)16-9-11-21(12-10-16)25(23,24)18-8-7-14(3)15(4)13-18/h7-8,13,16-17H,5-6,9-12H2,1-4H3,(H,20,22). The van der Waals surface area contributed by atoms with Gasteiger partial charge in [-0.2, -0.15) is 4.31 Å². The Hall–Kier alpha value is -1.40. The lowest BCUT2D eigenvalue weighted by molar-refractivity contribution is -0.126. The number of piperidine rings is 1. The van der Waals surface area contributed by atoms with Crippen LogP contribution in [0, 0.1) is 19.8 Å². The Morgan fingerprint density at radius 1 is 1.16 bits per heavy atom. The summed E-state index contributed by atoms with van der Waals surface area (Å²) in [5.41, 5.74) is 2.05. The van der Waals surface area contributed by atoms with Gasteiger partial charge in [0.1, 0.15) is 0 Å². The zero-order valence-electron chi connectivity index (χ0n) is 15.7. The summed E-state index contributed by atoms with van der Waals surface area (Å²) in [7, 11) is -3.48. The van der Waals surface area contributed by atoms with E-state index in [1.165, 1.54) is 4.31 Å². The summed E-state index contributed by atoms with van der Waals surface area (Å²) in [6.07, 6.45) is 3.00. The molecule has 1 N–H and O–H groups in total. The minimum absolute atomic E-state index is 0.0666. The second kappa shape index (κ2) is 8.32. The van der Waals surface area contributed by atoms with Crippen molar-refractivity contribution in [3.05, 3.63) is 29.3 Å². The third-order valence-electron chi connectivity index (χ3n) is 5.27. The molecule has 0 aromatic heterocycles. The van der Waals surface area contributed by atoms with Gasteiger partial charge in [0.25, 0.3) is 0 Å². The number of carbonyl (C=O) groups is 1. The van der Waals surface area contributed by atoms with Crippen molar-refractivity contribution in [2.45, 2.75) is 64.3 Å². The summed E-state index contributed by atoms with van der Waals surface area (Å²) in [5.74, 6) is -0.0243. The Balaban J connectivity index is 2.01. The van der Waals surface area contributed by atoms with Crippen LogP contribution in [0.4, 0.5) is 0 Å². The van der Waals surface area contributed by atoms with Gasteiger partial charge in [-0.05, 0) is 62.8 Å². The molecule has 140 valence electrons. The highest BCUT2D eigenvalue weighted by atomic mass is 32.2. The molecular formula is C19H30N2O3S. The summed E-state index contributed by atoms with van der Waals surface area (Å²) in [5, 5.41) is 3.08. The van der Waals surface area contributed by atoms with E-state index in [0.717, 1.165) is 24.0 Å². The van der Waals surface area contributed by atoms with E-state index in [4.69, 9.17) is 0 Å². The van der Waals surface area contributed by atoms with Crippen LogP contribution in [-0.4, -0.2) is 37.8 Å². The van der Waals surface area contributed by atoms with Crippen LogP contribution in [0.3, 0.4) is 0 Å². The topological polar surface area (TPSA) is 66.5 Å². The lowest BCUT2D eigenvalue weighted by atomic mass is 9.96. The first-order valence-electron chi connectivity index (χ1n) is 9.17. The van der Waals surface area contributed by atoms with Gasteiger partial charge in [-0.25, -0.2) is 8.42 Å². The molecule has 1 aliphatic heterocycles. The summed E-state index contributed by atoms with van der Waals surface area (Å²) in [6, 6.07) is 5.46. The summed E-state index contributed by atoms with van der Waals surface area (Å²) in [6.45, 7) is 8.81. The molecular weight excluding hydrogens is 336 g/mol. The monoisotopic (exact) mass is 366 g/mol. The Bertz CT molecular complexity index is 703. The van der Waals surface area contributed by atoms with Gasteiger partial charge in [0.05, 0.1) is 4.90 Å². The highest BCUT2D eigenvalue weighted by Crippen LogP contribution is 2.25. The second-order valence-electron chi connectivity index (χ2n) is 6.95. The van der Waals surface area contributed by atoms with Crippen LogP contribution in [-0.2, 0) is 14.8 Å². The van der Waals surface area contributed by atoms with E-state index >= 15 is 0 Å². The van der Waals surface area contributed by atoms with Crippen LogP contribution in [0.5, 0.6) is 0 Å². The molecule has 0 aliphatic carbocycles. The molecule has 2 rings (SSSR count). The average molecular weight is 367 g/mol. The first-order chi connectivity index (χ1) is 11.8. The molecule has 1 aromatic rings. The lowest BCUT2D eigenvalue weighted by Crippen LogP contribution is -2.45. The van der Waals surface area contributed by atoms with E-state index in [1.54, 1.807) is 12.1 Å². The molecule has 0 bridgehead atoms. The maximum atomic E-state index is 12.8. The number of rotatable bonds is 6. The minimum atomic E-state index is -3.48. The smallest absolute Gasteiger partial charge is 0.243 e. The maximum absolute atomic E-state index is 12.8. The highest BCUT2D eigenvalue weighted by molar-refractivity contribution is 7.89. The van der Waals surface area contributed by atoms with Gasteiger partial charge in [-0.3, -0.25) is 4.79 Å². The number of nitrogens with one attached hydrogen (secondary N) is 1. The van der Waals surface area contributed by atoms with Crippen LogP contribution in [0.15, 0.2) is 23.1 Å². The first kappa shape index (κ1) is 19.9. The van der Waals surface area contributed by atoms with Crippen LogP contribution < -0.4 is 5.32 Å². The molecule has 1 aliphatic rings. The highest BCUT2D eigenvalue weighted by Gasteiger charge is 2.32. The third kappa shape index (κ3) is 4.61. The molecule has 0 radical (unpaired) electrons. The molecule has 5 nitrogen and oxygen atoms in total. The van der Waals surface area contributed by atoms with Crippen molar-refractivity contribution in [3.8, 4) is 0 Å². The van der Waals surface area contributed by atoms with Crippen molar-refractivity contribution >= 4 is 15.9 Å². The predicted molar refractivity (Wildman–Crippen MR) is 99.9 cm³/mol. The number of amides is 1. The van der Waals surface area contributed by atoms with E-state index in [1.807, 2.05) is 19.9 Å². The number of benzene rings is 1. The molecule has 1 saturated heterocycles. The number of nitrogens with zero attached hydrogens (tertiary/aromatic N) is 1. The zero-order chi connectivity index (χ0) is 18.6. The van der Waals surface area contributed by atoms with Gasteiger partial charge in [-0.15, -0.1) is 0 Å². The Morgan fingerprint density at radius 2 is 1.76 bits per heavy atom. The molecule has 0 spiro atoms. The second-order valence-corrected chi connectivity index (χ2v) is 8.88. The number of sulfonamides is 1. The van der Waals surface area contributed by atoms with E-state index in [9.17, 15) is 13.2 Å². The van der Waals surface area contributed by atoms with Gasteiger partial charge < -0.3 is 5.32 Å². The predicted octanol–water partition coefficient (Wildman–Crippen LogP) is 3.01. The van der Waals surface area contributed by atoms with Crippen molar-refractivity contribution in [3.63, 3.8) is 0 Å². The van der Waals surface area contributed by atoms with Crippen molar-refractivity contribution in [1.29, 1.82) is 0 Å². The SMILES string of the molecule is CCC(CC)NC(=O)C1CCN(S(=O)(=O)c2ccc(C)c(C)c2)CC1. The van der Waals surface area contributed by atoms with Gasteiger partial charge >= 0.3 is 0 Å². The molecule has 1 aromatic carbocycles. The van der Waals surface area contributed by atoms with Crippen LogP contribution in [0.2, 0.25) is 0 Å². The van der Waals surface area contributed by atoms with Crippen molar-refractivity contribution in [2.75, 3.05) is 13.1 Å². The molecule has 1 heterocycles. The number of hydrogen-bond donors (Lipinski definition) is 1. The van der Waals surface area contributed by atoms with Crippen molar-refractivity contribution in [2.24, 2.45) is 5.92 Å². The summed E-state index contributed by atoms with van der Waals surface area (Å²) < 4.78 is 27.2. The molecule has 0 saturated carbocycles. The fourth-order valence-corrected chi connectivity index (χ4v) is 4.75. The third-order valence-corrected chi connectivity index (χ3v) is 7.17. The molecule has 0 unspecified atom stereocenters. The zero-order valence-corrected chi connectivity index (χ0v) is 16.5. The van der Waals surface area contributed by atoms with Gasteiger partial charge in [0, 0.05) is 25.0 Å². The van der Waals surface area contributed by atoms with Crippen LogP contribution >= 0.6 is 0 Å². The van der Waals surface area contributed by atoms with E-state index in [-0.39, 0.29) is 17.9 Å². The van der Waals surface area contributed by atoms with Gasteiger partial charge in [0.15, 0.2) is 0 Å². The number of aryl methyl sites for hydroxylation is 2. The van der Waals surface area contributed by atoms with Crippen molar-refractivity contribution < 1.29 is 13.2 Å². The van der Waals surface area contributed by atoms with E-state index in [2.05, 4.69) is 19.2 Å². The van der Waals surface area contributed by atoms with Crippen LogP contribution in [0.25, 0.3) is 0 Å². The molecule has 1 fully saturated rings. The lowest BCUT2D eigenvalue weighted by Gasteiger charge is -2.31. The van der Waals surface area contributed by atoms with Gasteiger partial charge in [-0.1, -0.05) is 19.9 Å². The number of carbonyl (C=O) groups excluding carboxylic acids is 1. The summed E-state index contributed by atoms with van der Waals surface area (Å²) in [4.78, 5) is 12.7. The fraction of sp³-hybridized carbons (Fsp3) is 0.632.